The van der Waals surface area contributed by atoms with Crippen molar-refractivity contribution in [3.63, 3.8) is 0 Å². The van der Waals surface area contributed by atoms with Crippen molar-refractivity contribution < 1.29 is 9.31 Å². The minimum Gasteiger partial charge on any atom is -0.361 e. The Balaban J connectivity index is 2.41. The van der Waals surface area contributed by atoms with Gasteiger partial charge in [-0.25, -0.2) is 4.39 Å². The summed E-state index contributed by atoms with van der Waals surface area (Å²) in [5, 5.41) is 14.1. The molecule has 1 unspecified atom stereocenters. The summed E-state index contributed by atoms with van der Waals surface area (Å²) in [4.78, 5) is 12.3. The molecular weight excluding hydrogens is 225 g/mol. The molecular formula is C11H14FN3O2. The third-order valence-corrected chi connectivity index (χ3v) is 2.94. The van der Waals surface area contributed by atoms with Crippen LogP contribution in [0, 0.1) is 15.9 Å². The molecule has 0 radical (unpaired) electrons. The summed E-state index contributed by atoms with van der Waals surface area (Å²) in [7, 11) is 0. The fourth-order valence-corrected chi connectivity index (χ4v) is 2.08. The van der Waals surface area contributed by atoms with E-state index in [1.807, 2.05) is 11.8 Å². The molecule has 2 rings (SSSR count). The molecule has 0 amide bonds. The van der Waals surface area contributed by atoms with Crippen LogP contribution in [0.5, 0.6) is 0 Å². The highest BCUT2D eigenvalue weighted by Crippen LogP contribution is 2.30. The lowest BCUT2D eigenvalue weighted by Crippen LogP contribution is -2.50. The van der Waals surface area contributed by atoms with Crippen LogP contribution in [0.2, 0.25) is 0 Å². The van der Waals surface area contributed by atoms with Crippen LogP contribution in [-0.4, -0.2) is 30.6 Å². The lowest BCUT2D eigenvalue weighted by molar-refractivity contribution is -0.384. The zero-order valence-corrected chi connectivity index (χ0v) is 9.52. The van der Waals surface area contributed by atoms with Crippen molar-refractivity contribution >= 4 is 11.4 Å². The Bertz CT molecular complexity index is 439. The molecule has 0 saturated carbocycles. The van der Waals surface area contributed by atoms with Crippen LogP contribution < -0.4 is 10.2 Å². The highest BCUT2D eigenvalue weighted by Gasteiger charge is 2.25. The molecule has 1 heterocycles. The molecule has 0 aromatic heterocycles. The first-order valence-electron chi connectivity index (χ1n) is 5.51. The number of benzene rings is 1. The van der Waals surface area contributed by atoms with Gasteiger partial charge < -0.3 is 10.2 Å². The number of nitro benzene ring substituents is 1. The Kier molecular flexibility index (Phi) is 3.23. The third kappa shape index (κ3) is 2.36. The molecule has 1 aliphatic heterocycles. The molecule has 1 aliphatic rings. The molecule has 0 aliphatic carbocycles. The van der Waals surface area contributed by atoms with E-state index >= 15 is 0 Å². The van der Waals surface area contributed by atoms with Crippen molar-refractivity contribution in [2.75, 3.05) is 24.5 Å². The second-order valence-corrected chi connectivity index (χ2v) is 4.14. The summed E-state index contributed by atoms with van der Waals surface area (Å²) in [6.45, 7) is 4.10. The number of hydrogen-bond donors (Lipinski definition) is 1. The topological polar surface area (TPSA) is 58.4 Å². The van der Waals surface area contributed by atoms with Gasteiger partial charge in [0.15, 0.2) is 0 Å². The molecule has 1 saturated heterocycles. The summed E-state index contributed by atoms with van der Waals surface area (Å²) in [5.41, 5.74) is 0.323. The van der Waals surface area contributed by atoms with Gasteiger partial charge in [0.05, 0.1) is 4.92 Å². The minimum absolute atomic E-state index is 0.0415. The van der Waals surface area contributed by atoms with Gasteiger partial charge in [0.2, 0.25) is 0 Å². The van der Waals surface area contributed by atoms with Crippen molar-refractivity contribution in [2.45, 2.75) is 13.0 Å². The number of hydrogen-bond acceptors (Lipinski definition) is 4. The first-order valence-corrected chi connectivity index (χ1v) is 5.51. The van der Waals surface area contributed by atoms with E-state index in [4.69, 9.17) is 0 Å². The Morgan fingerprint density at radius 3 is 3.00 bits per heavy atom. The van der Waals surface area contributed by atoms with Crippen molar-refractivity contribution in [3.05, 3.63) is 34.1 Å². The normalized spacial score (nSPS) is 20.4. The zero-order chi connectivity index (χ0) is 12.4. The molecule has 1 aromatic carbocycles. The Labute approximate surface area is 98.4 Å². The van der Waals surface area contributed by atoms with E-state index in [9.17, 15) is 14.5 Å². The van der Waals surface area contributed by atoms with Gasteiger partial charge in [-0.15, -0.1) is 0 Å². The van der Waals surface area contributed by atoms with Gasteiger partial charge in [0, 0.05) is 37.8 Å². The highest BCUT2D eigenvalue weighted by atomic mass is 19.1. The monoisotopic (exact) mass is 239 g/mol. The van der Waals surface area contributed by atoms with Crippen LogP contribution in [0.25, 0.3) is 0 Å². The van der Waals surface area contributed by atoms with Gasteiger partial charge in [-0.2, -0.15) is 0 Å². The molecule has 0 spiro atoms. The summed E-state index contributed by atoms with van der Waals surface area (Å²) in [6, 6.07) is 3.69. The first-order chi connectivity index (χ1) is 8.09. The summed E-state index contributed by atoms with van der Waals surface area (Å²) < 4.78 is 13.2. The maximum atomic E-state index is 13.2. The van der Waals surface area contributed by atoms with E-state index < -0.39 is 10.7 Å². The number of halogens is 1. The second-order valence-electron chi connectivity index (χ2n) is 4.14. The van der Waals surface area contributed by atoms with Gasteiger partial charge in [-0.3, -0.25) is 10.1 Å². The number of nitrogens with zero attached hydrogens (tertiary/aromatic N) is 2. The number of rotatable bonds is 2. The highest BCUT2D eigenvalue weighted by molar-refractivity contribution is 5.64. The van der Waals surface area contributed by atoms with Crippen molar-refractivity contribution in [1.82, 2.24) is 5.32 Å². The van der Waals surface area contributed by atoms with Crippen molar-refractivity contribution in [2.24, 2.45) is 0 Å². The number of piperazine rings is 1. The second kappa shape index (κ2) is 4.67. The molecule has 6 heteroatoms. The predicted octanol–water partition coefficient (Wildman–Crippen LogP) is 1.53. The lowest BCUT2D eigenvalue weighted by atomic mass is 10.1. The smallest absolute Gasteiger partial charge is 0.292 e. The van der Waals surface area contributed by atoms with Gasteiger partial charge in [-0.05, 0) is 13.0 Å². The molecule has 1 atom stereocenters. The molecule has 92 valence electrons. The summed E-state index contributed by atoms with van der Waals surface area (Å²) in [5.74, 6) is -0.448. The Hall–Kier alpha value is -1.69. The maximum absolute atomic E-state index is 13.2. The average molecular weight is 239 g/mol. The fraction of sp³-hybridized carbons (Fsp3) is 0.455. The van der Waals surface area contributed by atoms with Crippen molar-refractivity contribution in [1.29, 1.82) is 0 Å². The van der Waals surface area contributed by atoms with Gasteiger partial charge in [0.25, 0.3) is 5.69 Å². The Morgan fingerprint density at radius 1 is 1.59 bits per heavy atom. The minimum atomic E-state index is -0.469. The van der Waals surface area contributed by atoms with Crippen LogP contribution in [0.1, 0.15) is 6.92 Å². The Morgan fingerprint density at radius 2 is 2.35 bits per heavy atom. The third-order valence-electron chi connectivity index (χ3n) is 2.94. The molecule has 1 fully saturated rings. The molecule has 1 N–H and O–H groups in total. The SMILES string of the molecule is CC1CNCCN1c1cc(F)ccc1[N+](=O)[O-]. The molecule has 5 nitrogen and oxygen atoms in total. The van der Waals surface area contributed by atoms with E-state index in [0.29, 0.717) is 12.2 Å². The van der Waals surface area contributed by atoms with Crippen molar-refractivity contribution in [3.8, 4) is 0 Å². The average Bonchev–Trinajstić information content (AvgIpc) is 2.29. The van der Waals surface area contributed by atoms with Crippen LogP contribution in [0.3, 0.4) is 0 Å². The van der Waals surface area contributed by atoms with E-state index in [0.717, 1.165) is 19.2 Å². The van der Waals surface area contributed by atoms with Crippen LogP contribution in [0.15, 0.2) is 18.2 Å². The number of anilines is 1. The molecule has 0 bridgehead atoms. The predicted molar refractivity (Wildman–Crippen MR) is 62.7 cm³/mol. The van der Waals surface area contributed by atoms with Gasteiger partial charge in [0.1, 0.15) is 11.5 Å². The number of nitro groups is 1. The van der Waals surface area contributed by atoms with Crippen LogP contribution in [0.4, 0.5) is 15.8 Å². The zero-order valence-electron chi connectivity index (χ0n) is 9.52. The standard InChI is InChI=1S/C11H14FN3O2/c1-8-7-13-4-5-14(8)11-6-9(12)2-3-10(11)15(16)17/h2-3,6,8,13H,4-5,7H2,1H3. The first kappa shape index (κ1) is 11.8. The lowest BCUT2D eigenvalue weighted by Gasteiger charge is -2.35. The van der Waals surface area contributed by atoms with E-state index in [1.54, 1.807) is 0 Å². The van der Waals surface area contributed by atoms with Crippen LogP contribution in [-0.2, 0) is 0 Å². The van der Waals surface area contributed by atoms with Gasteiger partial charge in [-0.1, -0.05) is 0 Å². The molecule has 1 aromatic rings. The number of nitrogens with one attached hydrogen (secondary N) is 1. The fourth-order valence-electron chi connectivity index (χ4n) is 2.08. The quantitative estimate of drug-likeness (QED) is 0.628. The van der Waals surface area contributed by atoms with E-state index in [2.05, 4.69) is 5.32 Å². The largest absolute Gasteiger partial charge is 0.361 e. The summed E-state index contributed by atoms with van der Waals surface area (Å²) in [6.07, 6.45) is 0. The van der Waals surface area contributed by atoms with E-state index in [1.165, 1.54) is 12.1 Å². The molecule has 17 heavy (non-hydrogen) atoms. The van der Waals surface area contributed by atoms with Gasteiger partial charge >= 0.3 is 0 Å². The van der Waals surface area contributed by atoms with E-state index in [-0.39, 0.29) is 11.7 Å². The summed E-state index contributed by atoms with van der Waals surface area (Å²) >= 11 is 0. The van der Waals surface area contributed by atoms with Crippen LogP contribution >= 0.6 is 0 Å². The maximum Gasteiger partial charge on any atom is 0.292 e.